The second-order valence-electron chi connectivity index (χ2n) is 4.73. The van der Waals surface area contributed by atoms with Gasteiger partial charge in [0.1, 0.15) is 11.5 Å². The van der Waals surface area contributed by atoms with Crippen molar-refractivity contribution < 1.29 is 35.8 Å². The van der Waals surface area contributed by atoms with Crippen LogP contribution in [-0.4, -0.2) is 12.7 Å². The summed E-state index contributed by atoms with van der Waals surface area (Å²) in [6.07, 6.45) is -9.21. The summed E-state index contributed by atoms with van der Waals surface area (Å²) >= 11 is 0. The molecule has 8 heteroatoms. The molecule has 0 aromatic heterocycles. The van der Waals surface area contributed by atoms with Gasteiger partial charge in [-0.25, -0.2) is 0 Å². The first-order valence-electron chi connectivity index (χ1n) is 9.59. The molecule has 30 heavy (non-hydrogen) atoms. The Morgan fingerprint density at radius 3 is 1.30 bits per heavy atom. The second-order valence-corrected chi connectivity index (χ2v) is 4.73. The highest BCUT2D eigenvalue weighted by Crippen LogP contribution is 2.23. The first-order valence-corrected chi connectivity index (χ1v) is 9.59. The van der Waals surface area contributed by atoms with Crippen molar-refractivity contribution in [1.29, 1.82) is 0 Å². The van der Waals surface area contributed by atoms with Crippen LogP contribution in [0.4, 0.5) is 26.3 Å². The van der Waals surface area contributed by atoms with Crippen molar-refractivity contribution in [1.82, 2.24) is 0 Å². The summed E-state index contributed by atoms with van der Waals surface area (Å²) in [6, 6.07) is 11.5. The fourth-order valence-corrected chi connectivity index (χ4v) is 1.55. The van der Waals surface area contributed by atoms with Crippen LogP contribution >= 0.6 is 0 Å². The van der Waals surface area contributed by atoms with Crippen molar-refractivity contribution in [2.45, 2.75) is 68.1 Å². The molecule has 2 nitrogen and oxygen atoms in total. The van der Waals surface area contributed by atoms with Crippen LogP contribution in [0, 0.1) is 13.8 Å². The van der Waals surface area contributed by atoms with Crippen molar-refractivity contribution >= 4 is 0 Å². The van der Waals surface area contributed by atoms with E-state index in [-0.39, 0.29) is 11.5 Å². The summed E-state index contributed by atoms with van der Waals surface area (Å²) in [5.74, 6) is -0.365. The van der Waals surface area contributed by atoms with Gasteiger partial charge in [-0.05, 0) is 43.7 Å². The van der Waals surface area contributed by atoms with Crippen LogP contribution in [0.5, 0.6) is 11.5 Å². The third kappa shape index (κ3) is 20.4. The molecular weight excluding hydrogens is 410 g/mol. The number of benzene rings is 2. The van der Waals surface area contributed by atoms with Gasteiger partial charge in [-0.3, -0.25) is 0 Å². The molecule has 0 radical (unpaired) electrons. The molecule has 0 N–H and O–H groups in total. The molecule has 0 atom stereocenters. The first kappa shape index (κ1) is 32.3. The predicted octanol–water partition coefficient (Wildman–Crippen LogP) is 8.87. The lowest BCUT2D eigenvalue weighted by atomic mass is 10.2. The van der Waals surface area contributed by atoms with E-state index in [2.05, 4.69) is 9.47 Å². The molecule has 2 aromatic rings. The molecule has 2 rings (SSSR count). The monoisotopic (exact) mass is 442 g/mol. The van der Waals surface area contributed by atoms with E-state index in [4.69, 9.17) is 0 Å². The zero-order valence-corrected chi connectivity index (χ0v) is 18.7. The Balaban J connectivity index is -0.000000389. The number of halogens is 6. The van der Waals surface area contributed by atoms with Gasteiger partial charge in [0.05, 0.1) is 0 Å². The molecule has 0 aliphatic rings. The molecular formula is C22H32F6O2. The van der Waals surface area contributed by atoms with Gasteiger partial charge >= 0.3 is 12.7 Å². The van der Waals surface area contributed by atoms with Crippen LogP contribution in [-0.2, 0) is 0 Å². The first-order chi connectivity index (χ1) is 13.9. The standard InChI is InChI=1S/2C8H7F3O.3C2H6/c1-6-2-4-7(5-3-6)12-8(9,10)11;1-6-3-2-4-7(5-6)12-8(9,10)11;3*1-2/h2*2-5H,1H3;3*1-2H3. The van der Waals surface area contributed by atoms with Gasteiger partial charge in [0.15, 0.2) is 0 Å². The van der Waals surface area contributed by atoms with Crippen LogP contribution in [0.3, 0.4) is 0 Å². The Bertz CT molecular complexity index is 635. The normalized spacial score (nSPS) is 9.67. The maximum Gasteiger partial charge on any atom is 0.573 e. The minimum Gasteiger partial charge on any atom is -0.406 e. The molecule has 0 bridgehead atoms. The minimum atomic E-state index is -4.60. The maximum absolute atomic E-state index is 11.7. The number of alkyl halides is 6. The summed E-state index contributed by atoms with van der Waals surface area (Å²) in [5.41, 5.74) is 1.63. The smallest absolute Gasteiger partial charge is 0.406 e. The van der Waals surface area contributed by atoms with Gasteiger partial charge < -0.3 is 9.47 Å². The fraction of sp³-hybridized carbons (Fsp3) is 0.455. The van der Waals surface area contributed by atoms with Gasteiger partial charge in [-0.1, -0.05) is 71.4 Å². The lowest BCUT2D eigenvalue weighted by Gasteiger charge is -2.08. The number of rotatable bonds is 2. The third-order valence-corrected chi connectivity index (χ3v) is 2.48. The molecule has 0 amide bonds. The highest BCUT2D eigenvalue weighted by molar-refractivity contribution is 5.27. The molecule has 0 saturated carbocycles. The van der Waals surface area contributed by atoms with E-state index in [1.807, 2.05) is 41.5 Å². The molecule has 0 spiro atoms. The summed E-state index contributed by atoms with van der Waals surface area (Å²) in [7, 11) is 0. The van der Waals surface area contributed by atoms with Crippen molar-refractivity contribution in [2.75, 3.05) is 0 Å². The van der Waals surface area contributed by atoms with E-state index in [0.29, 0.717) is 0 Å². The molecule has 174 valence electrons. The van der Waals surface area contributed by atoms with E-state index in [1.165, 1.54) is 30.3 Å². The average Bonchev–Trinajstić information content (AvgIpc) is 2.67. The average molecular weight is 442 g/mol. The second kappa shape index (κ2) is 17.5. The van der Waals surface area contributed by atoms with Crippen molar-refractivity contribution in [2.24, 2.45) is 0 Å². The van der Waals surface area contributed by atoms with E-state index >= 15 is 0 Å². The number of aryl methyl sites for hydroxylation is 2. The number of hydrogen-bond acceptors (Lipinski definition) is 2. The lowest BCUT2D eigenvalue weighted by molar-refractivity contribution is -0.275. The third-order valence-electron chi connectivity index (χ3n) is 2.48. The van der Waals surface area contributed by atoms with Crippen LogP contribution in [0.1, 0.15) is 52.7 Å². The summed E-state index contributed by atoms with van der Waals surface area (Å²) in [5, 5.41) is 0. The summed E-state index contributed by atoms with van der Waals surface area (Å²) in [6.45, 7) is 15.5. The van der Waals surface area contributed by atoms with Crippen molar-refractivity contribution in [3.8, 4) is 11.5 Å². The molecule has 0 heterocycles. The van der Waals surface area contributed by atoms with E-state index in [1.54, 1.807) is 32.0 Å². The van der Waals surface area contributed by atoms with Crippen LogP contribution in [0.15, 0.2) is 48.5 Å². The van der Waals surface area contributed by atoms with Gasteiger partial charge in [-0.2, -0.15) is 0 Å². The van der Waals surface area contributed by atoms with Crippen LogP contribution in [0.2, 0.25) is 0 Å². The summed E-state index contributed by atoms with van der Waals surface area (Å²) in [4.78, 5) is 0. The topological polar surface area (TPSA) is 18.5 Å². The molecule has 2 aromatic carbocycles. The highest BCUT2D eigenvalue weighted by Gasteiger charge is 2.31. The Labute approximate surface area is 175 Å². The molecule has 0 aliphatic heterocycles. The Morgan fingerprint density at radius 1 is 0.533 bits per heavy atom. The molecule has 0 aliphatic carbocycles. The van der Waals surface area contributed by atoms with Gasteiger partial charge in [0.25, 0.3) is 0 Å². The Morgan fingerprint density at radius 2 is 0.933 bits per heavy atom. The maximum atomic E-state index is 11.7. The van der Waals surface area contributed by atoms with Crippen molar-refractivity contribution in [3.05, 3.63) is 59.7 Å². The largest absolute Gasteiger partial charge is 0.573 e. The predicted molar refractivity (Wildman–Crippen MR) is 110 cm³/mol. The minimum absolute atomic E-state index is 0.178. The Kier molecular flexibility index (Phi) is 18.8. The van der Waals surface area contributed by atoms with Crippen LogP contribution in [0.25, 0.3) is 0 Å². The zero-order chi connectivity index (χ0) is 24.4. The zero-order valence-electron chi connectivity index (χ0n) is 18.7. The van der Waals surface area contributed by atoms with Gasteiger partial charge in [-0.15, -0.1) is 26.3 Å². The number of ether oxygens (including phenoxy) is 2. The van der Waals surface area contributed by atoms with Gasteiger partial charge in [0, 0.05) is 0 Å². The SMILES string of the molecule is CC.CC.CC.Cc1ccc(OC(F)(F)F)cc1.Cc1cccc(OC(F)(F)F)c1. The van der Waals surface area contributed by atoms with E-state index in [0.717, 1.165) is 11.1 Å². The summed E-state index contributed by atoms with van der Waals surface area (Å²) < 4.78 is 77.2. The quantitative estimate of drug-likeness (QED) is 0.433. The molecule has 0 saturated heterocycles. The van der Waals surface area contributed by atoms with E-state index < -0.39 is 12.7 Å². The number of hydrogen-bond donors (Lipinski definition) is 0. The molecule has 0 fully saturated rings. The highest BCUT2D eigenvalue weighted by atomic mass is 19.4. The lowest BCUT2D eigenvalue weighted by Crippen LogP contribution is -2.17. The fourth-order valence-electron chi connectivity index (χ4n) is 1.55. The van der Waals surface area contributed by atoms with Crippen molar-refractivity contribution in [3.63, 3.8) is 0 Å². The van der Waals surface area contributed by atoms with Gasteiger partial charge in [0.2, 0.25) is 0 Å². The molecule has 0 unspecified atom stereocenters. The van der Waals surface area contributed by atoms with Crippen LogP contribution < -0.4 is 9.47 Å². The Hall–Kier alpha value is -2.38. The van der Waals surface area contributed by atoms with E-state index in [9.17, 15) is 26.3 Å².